The molecule has 104 valence electrons. The van der Waals surface area contributed by atoms with Crippen LogP contribution in [0.2, 0.25) is 0 Å². The Labute approximate surface area is 115 Å². The Kier molecular flexibility index (Phi) is 3.25. The minimum absolute atomic E-state index is 0.629. The van der Waals surface area contributed by atoms with Gasteiger partial charge in [0.1, 0.15) is 0 Å². The first kappa shape index (κ1) is 12.6. The molecule has 1 saturated heterocycles. The average molecular weight is 261 g/mol. The summed E-state index contributed by atoms with van der Waals surface area (Å²) in [7, 11) is 1.64. The number of anilines is 2. The Balaban J connectivity index is 1.74. The quantitative estimate of drug-likeness (QED) is 0.889. The molecule has 2 N–H and O–H groups in total. The number of nitrogen functional groups attached to an aromatic ring is 1. The molecule has 1 saturated carbocycles. The molecule has 0 unspecified atom stereocenters. The first-order valence-electron chi connectivity index (χ1n) is 7.28. The Morgan fingerprint density at radius 2 is 1.84 bits per heavy atom. The Morgan fingerprint density at radius 1 is 1.16 bits per heavy atom. The number of piperidine rings is 1. The number of hydrogen-bond acceptors (Lipinski definition) is 4. The molecule has 1 aromatic rings. The molecule has 3 rings (SSSR count). The fourth-order valence-electron chi connectivity index (χ4n) is 3.63. The highest BCUT2D eigenvalue weighted by Gasteiger charge is 2.37. The van der Waals surface area contributed by atoms with Crippen LogP contribution in [-0.4, -0.2) is 25.2 Å². The maximum Gasteiger partial charge on any atom is 0.215 e. The van der Waals surface area contributed by atoms with Crippen LogP contribution < -0.4 is 15.4 Å². The van der Waals surface area contributed by atoms with Gasteiger partial charge < -0.3 is 15.4 Å². The molecule has 1 aliphatic carbocycles. The summed E-state index contributed by atoms with van der Waals surface area (Å²) in [6.07, 6.45) is 8.24. The summed E-state index contributed by atoms with van der Waals surface area (Å²) in [4.78, 5) is 6.83. The smallest absolute Gasteiger partial charge is 0.215 e. The summed E-state index contributed by atoms with van der Waals surface area (Å²) in [5.74, 6) is 1.54. The summed E-state index contributed by atoms with van der Waals surface area (Å²) in [5.41, 5.74) is 7.44. The van der Waals surface area contributed by atoms with Crippen LogP contribution in [0.25, 0.3) is 0 Å². The van der Waals surface area contributed by atoms with Crippen molar-refractivity contribution in [2.75, 3.05) is 30.8 Å². The SMILES string of the molecule is COc1ccc(N)c(N2CCC3(CCCC3)CC2)n1. The van der Waals surface area contributed by atoms with E-state index in [0.717, 1.165) is 24.6 Å². The first-order valence-corrected chi connectivity index (χ1v) is 7.28. The minimum Gasteiger partial charge on any atom is -0.481 e. The number of ether oxygens (including phenoxy) is 1. The molecule has 1 aromatic heterocycles. The van der Waals surface area contributed by atoms with Crippen molar-refractivity contribution in [2.24, 2.45) is 5.41 Å². The zero-order valence-corrected chi connectivity index (χ0v) is 11.7. The molecule has 19 heavy (non-hydrogen) atoms. The molecule has 4 nitrogen and oxygen atoms in total. The van der Waals surface area contributed by atoms with Crippen LogP contribution in [0, 0.1) is 5.41 Å². The second-order valence-electron chi connectivity index (χ2n) is 5.96. The van der Waals surface area contributed by atoms with Crippen molar-refractivity contribution in [3.63, 3.8) is 0 Å². The summed E-state index contributed by atoms with van der Waals surface area (Å²) >= 11 is 0. The third kappa shape index (κ3) is 2.36. The monoisotopic (exact) mass is 261 g/mol. The van der Waals surface area contributed by atoms with E-state index in [1.807, 2.05) is 12.1 Å². The van der Waals surface area contributed by atoms with Crippen molar-refractivity contribution in [1.29, 1.82) is 0 Å². The van der Waals surface area contributed by atoms with Gasteiger partial charge in [0, 0.05) is 19.2 Å². The number of aromatic nitrogens is 1. The molecule has 4 heteroatoms. The van der Waals surface area contributed by atoms with Crippen molar-refractivity contribution in [3.8, 4) is 5.88 Å². The topological polar surface area (TPSA) is 51.4 Å². The zero-order chi connectivity index (χ0) is 13.3. The van der Waals surface area contributed by atoms with Crippen molar-refractivity contribution in [3.05, 3.63) is 12.1 Å². The van der Waals surface area contributed by atoms with Crippen LogP contribution in [0.1, 0.15) is 38.5 Å². The van der Waals surface area contributed by atoms with Gasteiger partial charge in [0.05, 0.1) is 12.8 Å². The van der Waals surface area contributed by atoms with E-state index in [1.54, 1.807) is 7.11 Å². The van der Waals surface area contributed by atoms with E-state index in [0.29, 0.717) is 11.3 Å². The largest absolute Gasteiger partial charge is 0.481 e. The molecule has 0 bridgehead atoms. The first-order chi connectivity index (χ1) is 9.22. The zero-order valence-electron chi connectivity index (χ0n) is 11.7. The molecule has 0 aromatic carbocycles. The second-order valence-corrected chi connectivity index (χ2v) is 5.96. The van der Waals surface area contributed by atoms with Crippen molar-refractivity contribution >= 4 is 11.5 Å². The third-order valence-corrected chi connectivity index (χ3v) is 4.88. The van der Waals surface area contributed by atoms with Gasteiger partial charge in [-0.1, -0.05) is 12.8 Å². The number of nitrogens with zero attached hydrogens (tertiary/aromatic N) is 2. The van der Waals surface area contributed by atoms with Crippen molar-refractivity contribution in [1.82, 2.24) is 4.98 Å². The Hall–Kier alpha value is -1.45. The van der Waals surface area contributed by atoms with E-state index in [4.69, 9.17) is 10.5 Å². The van der Waals surface area contributed by atoms with Crippen LogP contribution >= 0.6 is 0 Å². The number of hydrogen-bond donors (Lipinski definition) is 1. The number of nitrogens with two attached hydrogens (primary N) is 1. The van der Waals surface area contributed by atoms with Gasteiger partial charge in [0.15, 0.2) is 5.82 Å². The third-order valence-electron chi connectivity index (χ3n) is 4.88. The molecule has 2 heterocycles. The fraction of sp³-hybridized carbons (Fsp3) is 0.667. The van der Waals surface area contributed by atoms with Gasteiger partial charge in [0.25, 0.3) is 0 Å². The van der Waals surface area contributed by atoms with Gasteiger partial charge in [-0.25, -0.2) is 0 Å². The molecule has 0 radical (unpaired) electrons. The van der Waals surface area contributed by atoms with Gasteiger partial charge >= 0.3 is 0 Å². The van der Waals surface area contributed by atoms with Crippen LogP contribution in [0.5, 0.6) is 5.88 Å². The molecular formula is C15H23N3O. The Morgan fingerprint density at radius 3 is 2.47 bits per heavy atom. The van der Waals surface area contributed by atoms with E-state index in [9.17, 15) is 0 Å². The summed E-state index contributed by atoms with van der Waals surface area (Å²) < 4.78 is 5.20. The molecule has 2 aliphatic rings. The highest BCUT2D eigenvalue weighted by molar-refractivity contribution is 5.63. The van der Waals surface area contributed by atoms with Crippen LogP contribution in [0.3, 0.4) is 0 Å². The van der Waals surface area contributed by atoms with Gasteiger partial charge in [-0.3, -0.25) is 0 Å². The van der Waals surface area contributed by atoms with Crippen molar-refractivity contribution in [2.45, 2.75) is 38.5 Å². The lowest BCUT2D eigenvalue weighted by Gasteiger charge is -2.40. The minimum atomic E-state index is 0.629. The number of pyridine rings is 1. The standard InChI is InChI=1S/C15H23N3O/c1-19-13-5-4-12(16)14(17-13)18-10-8-15(9-11-18)6-2-3-7-15/h4-5H,2-3,6-11,16H2,1H3. The summed E-state index contributed by atoms with van der Waals surface area (Å²) in [6, 6.07) is 3.71. The summed E-state index contributed by atoms with van der Waals surface area (Å²) in [5, 5.41) is 0. The maximum absolute atomic E-state index is 6.06. The maximum atomic E-state index is 6.06. The number of rotatable bonds is 2. The van der Waals surface area contributed by atoms with E-state index in [2.05, 4.69) is 9.88 Å². The summed E-state index contributed by atoms with van der Waals surface area (Å²) in [6.45, 7) is 2.15. The second kappa shape index (κ2) is 4.91. The van der Waals surface area contributed by atoms with E-state index in [-0.39, 0.29) is 0 Å². The van der Waals surface area contributed by atoms with Crippen LogP contribution in [0.4, 0.5) is 11.5 Å². The predicted molar refractivity (Wildman–Crippen MR) is 77.5 cm³/mol. The average Bonchev–Trinajstić information content (AvgIpc) is 2.89. The van der Waals surface area contributed by atoms with Gasteiger partial charge in [0.2, 0.25) is 5.88 Å². The molecule has 2 fully saturated rings. The molecule has 0 atom stereocenters. The lowest BCUT2D eigenvalue weighted by atomic mass is 9.77. The van der Waals surface area contributed by atoms with Gasteiger partial charge in [-0.2, -0.15) is 4.98 Å². The molecule has 0 amide bonds. The Bertz CT molecular complexity index is 445. The predicted octanol–water partition coefficient (Wildman–Crippen LogP) is 2.83. The molecule has 1 aliphatic heterocycles. The molecular weight excluding hydrogens is 238 g/mol. The van der Waals surface area contributed by atoms with E-state index < -0.39 is 0 Å². The van der Waals surface area contributed by atoms with Gasteiger partial charge in [-0.15, -0.1) is 0 Å². The fourth-order valence-corrected chi connectivity index (χ4v) is 3.63. The van der Waals surface area contributed by atoms with Gasteiger partial charge in [-0.05, 0) is 37.2 Å². The normalized spacial score (nSPS) is 21.8. The van der Waals surface area contributed by atoms with Crippen LogP contribution in [0.15, 0.2) is 12.1 Å². The lowest BCUT2D eigenvalue weighted by molar-refractivity contribution is 0.226. The van der Waals surface area contributed by atoms with E-state index >= 15 is 0 Å². The molecule has 1 spiro atoms. The van der Waals surface area contributed by atoms with Crippen molar-refractivity contribution < 1.29 is 4.74 Å². The highest BCUT2D eigenvalue weighted by Crippen LogP contribution is 2.46. The number of methoxy groups -OCH3 is 1. The highest BCUT2D eigenvalue weighted by atomic mass is 16.5. The van der Waals surface area contributed by atoms with E-state index in [1.165, 1.54) is 38.5 Å². The lowest BCUT2D eigenvalue weighted by Crippen LogP contribution is -2.39. The van der Waals surface area contributed by atoms with Crippen LogP contribution in [-0.2, 0) is 0 Å².